The van der Waals surface area contributed by atoms with E-state index in [1.165, 1.54) is 25.3 Å². The molecule has 102 valence electrons. The molecule has 1 amide bonds. The number of hydrogen-bond donors (Lipinski definition) is 2. The van der Waals surface area contributed by atoms with Crippen LogP contribution in [0.2, 0.25) is 0 Å². The second-order valence-corrected chi connectivity index (χ2v) is 3.96. The molecular weight excluding hydrogens is 256 g/mol. The minimum Gasteiger partial charge on any atom is -0.453 e. The summed E-state index contributed by atoms with van der Waals surface area (Å²) in [6.07, 6.45) is -0.259. The number of aliphatic imine (C=N–C) groups is 1. The summed E-state index contributed by atoms with van der Waals surface area (Å²) < 4.78 is 31.7. The van der Waals surface area contributed by atoms with Crippen LogP contribution in [0.5, 0.6) is 0 Å². The standard InChI is InChI=1S/C12H13F2N3O2/c1-19-12(18)17-11-15-6-5-9(16-11)10-7(13)3-2-4-8(10)14/h2-4,9H,5-6H2,1H3,(H2,15,16,17,18). The van der Waals surface area contributed by atoms with Gasteiger partial charge < -0.3 is 10.1 Å². The van der Waals surface area contributed by atoms with Gasteiger partial charge in [0.25, 0.3) is 0 Å². The largest absolute Gasteiger partial charge is 0.453 e. The van der Waals surface area contributed by atoms with Crippen LogP contribution in [0.25, 0.3) is 0 Å². The van der Waals surface area contributed by atoms with Gasteiger partial charge >= 0.3 is 6.09 Å². The van der Waals surface area contributed by atoms with Crippen LogP contribution < -0.4 is 10.6 Å². The van der Waals surface area contributed by atoms with Gasteiger partial charge in [0, 0.05) is 12.1 Å². The molecule has 1 aliphatic heterocycles. The summed E-state index contributed by atoms with van der Waals surface area (Å²) in [4.78, 5) is 15.1. The third kappa shape index (κ3) is 2.98. The van der Waals surface area contributed by atoms with E-state index in [1.54, 1.807) is 0 Å². The van der Waals surface area contributed by atoms with Gasteiger partial charge in [-0.3, -0.25) is 5.32 Å². The van der Waals surface area contributed by atoms with Crippen molar-refractivity contribution in [2.45, 2.75) is 12.5 Å². The van der Waals surface area contributed by atoms with Crippen molar-refractivity contribution in [1.29, 1.82) is 0 Å². The fourth-order valence-electron chi connectivity index (χ4n) is 1.86. The molecule has 0 spiro atoms. The van der Waals surface area contributed by atoms with Gasteiger partial charge in [-0.1, -0.05) is 6.07 Å². The lowest BCUT2D eigenvalue weighted by atomic mass is 10.0. The Bertz CT molecular complexity index is 499. The smallest absolute Gasteiger partial charge is 0.413 e. The first-order valence-corrected chi connectivity index (χ1v) is 5.72. The second-order valence-electron chi connectivity index (χ2n) is 3.96. The first kappa shape index (κ1) is 13.3. The molecule has 0 fully saturated rings. The Morgan fingerprint density at radius 1 is 1.47 bits per heavy atom. The van der Waals surface area contributed by atoms with Crippen LogP contribution in [0, 0.1) is 11.6 Å². The van der Waals surface area contributed by atoms with Crippen molar-refractivity contribution in [3.8, 4) is 0 Å². The van der Waals surface area contributed by atoms with Crippen molar-refractivity contribution in [2.24, 2.45) is 4.99 Å². The lowest BCUT2D eigenvalue weighted by Crippen LogP contribution is -2.44. The minimum absolute atomic E-state index is 0.0897. The number of guanidine groups is 1. The molecule has 1 atom stereocenters. The molecule has 2 N–H and O–H groups in total. The number of benzene rings is 1. The molecule has 0 aliphatic carbocycles. The van der Waals surface area contributed by atoms with Gasteiger partial charge in [0.2, 0.25) is 5.96 Å². The van der Waals surface area contributed by atoms with Gasteiger partial charge in [0.15, 0.2) is 0 Å². The highest BCUT2D eigenvalue weighted by atomic mass is 19.1. The summed E-state index contributed by atoms with van der Waals surface area (Å²) in [7, 11) is 1.22. The Hall–Kier alpha value is -2.18. The van der Waals surface area contributed by atoms with Crippen molar-refractivity contribution in [2.75, 3.05) is 13.7 Å². The molecule has 0 saturated carbocycles. The second kappa shape index (κ2) is 5.64. The number of nitrogens with zero attached hydrogens (tertiary/aromatic N) is 1. The first-order valence-electron chi connectivity index (χ1n) is 5.72. The molecule has 19 heavy (non-hydrogen) atoms. The Labute approximate surface area is 108 Å². The van der Waals surface area contributed by atoms with Gasteiger partial charge in [-0.2, -0.15) is 0 Å². The van der Waals surface area contributed by atoms with Crippen molar-refractivity contribution >= 4 is 12.1 Å². The molecular formula is C12H13F2N3O2. The normalized spacial score (nSPS) is 18.3. The number of methoxy groups -OCH3 is 1. The maximum atomic E-state index is 13.6. The van der Waals surface area contributed by atoms with Crippen LogP contribution in [-0.2, 0) is 4.74 Å². The first-order chi connectivity index (χ1) is 9.11. The molecule has 1 aromatic rings. The molecule has 1 aliphatic rings. The summed E-state index contributed by atoms with van der Waals surface area (Å²) in [5.74, 6) is -1.15. The Balaban J connectivity index is 2.25. The molecule has 1 aromatic carbocycles. The summed E-state index contributed by atoms with van der Waals surface area (Å²) in [6.45, 7) is 0.446. The predicted molar refractivity (Wildman–Crippen MR) is 64.7 cm³/mol. The van der Waals surface area contributed by atoms with Gasteiger partial charge in [-0.05, 0) is 18.6 Å². The van der Waals surface area contributed by atoms with Crippen LogP contribution in [0.1, 0.15) is 18.0 Å². The van der Waals surface area contributed by atoms with Crippen molar-refractivity contribution < 1.29 is 18.3 Å². The zero-order valence-electron chi connectivity index (χ0n) is 10.2. The highest BCUT2D eigenvalue weighted by molar-refractivity contribution is 5.94. The topological polar surface area (TPSA) is 62.7 Å². The maximum Gasteiger partial charge on any atom is 0.413 e. The number of hydrogen-bond acceptors (Lipinski definition) is 4. The fraction of sp³-hybridized carbons (Fsp3) is 0.333. The van der Waals surface area contributed by atoms with E-state index in [2.05, 4.69) is 20.4 Å². The quantitative estimate of drug-likeness (QED) is 0.815. The molecule has 2 rings (SSSR count). The van der Waals surface area contributed by atoms with E-state index in [0.717, 1.165) is 0 Å². The van der Waals surface area contributed by atoms with E-state index in [1.807, 2.05) is 0 Å². The molecule has 1 unspecified atom stereocenters. The SMILES string of the molecule is COC(=O)NC1=NC(c2c(F)cccc2F)CCN1. The number of amides is 1. The van der Waals surface area contributed by atoms with E-state index in [4.69, 9.17) is 0 Å². The third-order valence-corrected chi connectivity index (χ3v) is 2.73. The summed E-state index contributed by atoms with van der Waals surface area (Å²) in [5.41, 5.74) is -0.0897. The van der Waals surface area contributed by atoms with Crippen LogP contribution in [0.4, 0.5) is 13.6 Å². The number of ether oxygens (including phenoxy) is 1. The highest BCUT2D eigenvalue weighted by Gasteiger charge is 2.23. The summed E-state index contributed by atoms with van der Waals surface area (Å²) in [6, 6.07) is 2.99. The van der Waals surface area contributed by atoms with Crippen molar-refractivity contribution in [3.63, 3.8) is 0 Å². The zero-order chi connectivity index (χ0) is 13.8. The van der Waals surface area contributed by atoms with E-state index in [0.29, 0.717) is 13.0 Å². The van der Waals surface area contributed by atoms with Crippen molar-refractivity contribution in [1.82, 2.24) is 10.6 Å². The molecule has 0 saturated heterocycles. The Morgan fingerprint density at radius 3 is 2.79 bits per heavy atom. The minimum atomic E-state index is -0.694. The lowest BCUT2D eigenvalue weighted by Gasteiger charge is -2.22. The predicted octanol–water partition coefficient (Wildman–Crippen LogP) is 1.71. The van der Waals surface area contributed by atoms with E-state index < -0.39 is 23.8 Å². The number of rotatable bonds is 1. The van der Waals surface area contributed by atoms with Crippen LogP contribution in [0.15, 0.2) is 23.2 Å². The molecule has 5 nitrogen and oxygen atoms in total. The molecule has 0 radical (unpaired) electrons. The van der Waals surface area contributed by atoms with Gasteiger partial charge in [-0.25, -0.2) is 18.6 Å². The number of carbonyl (C=O) groups is 1. The monoisotopic (exact) mass is 269 g/mol. The molecule has 1 heterocycles. The zero-order valence-corrected chi connectivity index (χ0v) is 10.2. The lowest BCUT2D eigenvalue weighted by molar-refractivity contribution is 0.176. The highest BCUT2D eigenvalue weighted by Crippen LogP contribution is 2.27. The average molecular weight is 269 g/mol. The molecule has 7 heteroatoms. The van der Waals surface area contributed by atoms with Gasteiger partial charge in [-0.15, -0.1) is 0 Å². The van der Waals surface area contributed by atoms with Gasteiger partial charge in [0.1, 0.15) is 11.6 Å². The average Bonchev–Trinajstić information content (AvgIpc) is 2.39. The van der Waals surface area contributed by atoms with E-state index in [-0.39, 0.29) is 11.5 Å². The maximum absolute atomic E-state index is 13.6. The van der Waals surface area contributed by atoms with Crippen LogP contribution in [0.3, 0.4) is 0 Å². The number of halogens is 2. The van der Waals surface area contributed by atoms with Crippen LogP contribution in [-0.4, -0.2) is 25.7 Å². The summed E-state index contributed by atoms with van der Waals surface area (Å²) in [5, 5.41) is 5.16. The van der Waals surface area contributed by atoms with Crippen molar-refractivity contribution in [3.05, 3.63) is 35.4 Å². The van der Waals surface area contributed by atoms with E-state index in [9.17, 15) is 13.6 Å². The van der Waals surface area contributed by atoms with E-state index >= 15 is 0 Å². The fourth-order valence-corrected chi connectivity index (χ4v) is 1.86. The third-order valence-electron chi connectivity index (χ3n) is 2.73. The molecule has 0 aromatic heterocycles. The number of nitrogens with one attached hydrogen (secondary N) is 2. The Morgan fingerprint density at radius 2 is 2.16 bits per heavy atom. The summed E-state index contributed by atoms with van der Waals surface area (Å²) >= 11 is 0. The van der Waals surface area contributed by atoms with Gasteiger partial charge in [0.05, 0.1) is 13.2 Å². The van der Waals surface area contributed by atoms with Crippen LogP contribution >= 0.6 is 0 Å². The Kier molecular flexibility index (Phi) is 3.94. The number of carbonyl (C=O) groups excluding carboxylic acids is 1. The number of alkyl carbamates (subject to hydrolysis) is 1. The molecule has 0 bridgehead atoms.